The Kier molecular flexibility index (Phi) is 4.28. The lowest BCUT2D eigenvalue weighted by atomic mass is 10.2. The first kappa shape index (κ1) is 13.7. The maximum absolute atomic E-state index is 11.9. The Balaban J connectivity index is 3.01. The number of rotatable bonds is 4. The molecular weight excluding hydrogens is 238 g/mol. The molecule has 0 spiro atoms. The summed E-state index contributed by atoms with van der Waals surface area (Å²) in [7, 11) is -3.73. The van der Waals surface area contributed by atoms with E-state index in [1.807, 2.05) is 13.8 Å². The van der Waals surface area contributed by atoms with Crippen LogP contribution in [0.25, 0.3) is 0 Å². The van der Waals surface area contributed by atoms with Gasteiger partial charge in [-0.2, -0.15) is 0 Å². The van der Waals surface area contributed by atoms with Crippen LogP contribution in [0.5, 0.6) is 0 Å². The molecule has 0 unspecified atom stereocenters. The van der Waals surface area contributed by atoms with Gasteiger partial charge in [-0.05, 0) is 31.9 Å². The summed E-state index contributed by atoms with van der Waals surface area (Å²) in [4.78, 5) is 11.5. The number of aryl methyl sites for hydroxylation is 2. The summed E-state index contributed by atoms with van der Waals surface area (Å²) in [6, 6.07) is 5.01. The number of carbonyl (C=O) groups excluding carboxylic acids is 1. The fourth-order valence-corrected chi connectivity index (χ4v) is 2.83. The molecule has 0 heterocycles. The van der Waals surface area contributed by atoms with Gasteiger partial charge in [-0.1, -0.05) is 24.6 Å². The largest absolute Gasteiger partial charge is 0.274 e. The first-order valence-corrected chi connectivity index (χ1v) is 6.98. The molecule has 0 saturated heterocycles. The summed E-state index contributed by atoms with van der Waals surface area (Å²) in [6.07, 6.45) is 0.832. The van der Waals surface area contributed by atoms with Gasteiger partial charge in [0.1, 0.15) is 0 Å². The maximum atomic E-state index is 11.9. The normalized spacial score (nSPS) is 11.2. The molecule has 0 bridgehead atoms. The lowest BCUT2D eigenvalue weighted by molar-refractivity contribution is -0.119. The summed E-state index contributed by atoms with van der Waals surface area (Å²) in [5.41, 5.74) is 1.63. The minimum atomic E-state index is -3.73. The molecule has 0 aromatic heterocycles. The molecule has 0 fully saturated rings. The third-order valence-electron chi connectivity index (χ3n) is 2.35. The molecule has 1 N–H and O–H groups in total. The van der Waals surface area contributed by atoms with E-state index in [-0.39, 0.29) is 11.3 Å². The van der Waals surface area contributed by atoms with Crippen LogP contribution in [-0.2, 0) is 14.8 Å². The van der Waals surface area contributed by atoms with Crippen LogP contribution in [0.4, 0.5) is 0 Å². The van der Waals surface area contributed by atoms with Crippen molar-refractivity contribution in [3.8, 4) is 0 Å². The van der Waals surface area contributed by atoms with Crippen LogP contribution in [-0.4, -0.2) is 14.3 Å². The number of amides is 1. The Hall–Kier alpha value is -1.36. The highest BCUT2D eigenvalue weighted by Gasteiger charge is 2.18. The number of hydrogen-bond acceptors (Lipinski definition) is 3. The Labute approximate surface area is 102 Å². The van der Waals surface area contributed by atoms with Crippen molar-refractivity contribution >= 4 is 15.9 Å². The molecule has 4 nitrogen and oxygen atoms in total. The smallest absolute Gasteiger partial charge is 0.264 e. The molecule has 1 rings (SSSR count). The average Bonchev–Trinajstić information content (AvgIpc) is 2.15. The van der Waals surface area contributed by atoms with Crippen molar-refractivity contribution < 1.29 is 13.2 Å². The van der Waals surface area contributed by atoms with E-state index in [1.165, 1.54) is 6.07 Å². The number of sulfonamides is 1. The van der Waals surface area contributed by atoms with Gasteiger partial charge >= 0.3 is 0 Å². The molecule has 1 aromatic carbocycles. The topological polar surface area (TPSA) is 63.2 Å². The Morgan fingerprint density at radius 2 is 1.94 bits per heavy atom. The van der Waals surface area contributed by atoms with Crippen LogP contribution in [0.2, 0.25) is 0 Å². The number of hydrogen-bond donors (Lipinski definition) is 1. The van der Waals surface area contributed by atoms with E-state index in [1.54, 1.807) is 19.1 Å². The highest BCUT2D eigenvalue weighted by atomic mass is 32.2. The summed E-state index contributed by atoms with van der Waals surface area (Å²) in [5.74, 6) is -0.465. The molecule has 0 aliphatic heterocycles. The van der Waals surface area contributed by atoms with E-state index >= 15 is 0 Å². The second-order valence-electron chi connectivity index (χ2n) is 4.05. The predicted molar refractivity (Wildman–Crippen MR) is 66.2 cm³/mol. The SMILES string of the molecule is CCCC(=O)NS(=O)(=O)c1ccc(C)cc1C. The average molecular weight is 255 g/mol. The lowest BCUT2D eigenvalue weighted by Crippen LogP contribution is -2.30. The van der Waals surface area contributed by atoms with E-state index in [9.17, 15) is 13.2 Å². The zero-order valence-electron chi connectivity index (χ0n) is 10.3. The summed E-state index contributed by atoms with van der Waals surface area (Å²) in [5, 5.41) is 0. The maximum Gasteiger partial charge on any atom is 0.264 e. The quantitative estimate of drug-likeness (QED) is 0.893. The zero-order chi connectivity index (χ0) is 13.1. The van der Waals surface area contributed by atoms with E-state index < -0.39 is 15.9 Å². The molecule has 0 saturated carbocycles. The van der Waals surface area contributed by atoms with Crippen LogP contribution in [0.15, 0.2) is 23.1 Å². The van der Waals surface area contributed by atoms with E-state index in [0.29, 0.717) is 12.0 Å². The van der Waals surface area contributed by atoms with Crippen molar-refractivity contribution in [1.82, 2.24) is 4.72 Å². The second kappa shape index (κ2) is 5.31. The Morgan fingerprint density at radius 3 is 2.47 bits per heavy atom. The minimum absolute atomic E-state index is 0.160. The first-order chi connectivity index (χ1) is 7.86. The van der Waals surface area contributed by atoms with Crippen molar-refractivity contribution in [2.45, 2.75) is 38.5 Å². The second-order valence-corrected chi connectivity index (χ2v) is 5.70. The molecule has 0 aliphatic rings. The molecular formula is C12H17NO3S. The van der Waals surface area contributed by atoms with Crippen LogP contribution < -0.4 is 4.72 Å². The molecule has 5 heteroatoms. The van der Waals surface area contributed by atoms with Crippen LogP contribution >= 0.6 is 0 Å². The molecule has 0 aliphatic carbocycles. The van der Waals surface area contributed by atoms with Gasteiger partial charge in [0, 0.05) is 6.42 Å². The molecule has 17 heavy (non-hydrogen) atoms. The zero-order valence-corrected chi connectivity index (χ0v) is 11.1. The summed E-state index contributed by atoms with van der Waals surface area (Å²) >= 11 is 0. The third kappa shape index (κ3) is 3.56. The van der Waals surface area contributed by atoms with Gasteiger partial charge in [0.05, 0.1) is 4.90 Å². The van der Waals surface area contributed by atoms with Crippen LogP contribution in [0, 0.1) is 13.8 Å². The van der Waals surface area contributed by atoms with E-state index in [2.05, 4.69) is 4.72 Å². The summed E-state index contributed by atoms with van der Waals surface area (Å²) in [6.45, 7) is 5.42. The van der Waals surface area contributed by atoms with E-state index in [4.69, 9.17) is 0 Å². The fraction of sp³-hybridized carbons (Fsp3) is 0.417. The van der Waals surface area contributed by atoms with Gasteiger partial charge in [-0.15, -0.1) is 0 Å². The number of benzene rings is 1. The van der Waals surface area contributed by atoms with Crippen molar-refractivity contribution in [1.29, 1.82) is 0 Å². The third-order valence-corrected chi connectivity index (χ3v) is 3.88. The van der Waals surface area contributed by atoms with Gasteiger partial charge in [0.25, 0.3) is 10.0 Å². The highest BCUT2D eigenvalue weighted by molar-refractivity contribution is 7.90. The highest BCUT2D eigenvalue weighted by Crippen LogP contribution is 2.16. The predicted octanol–water partition coefficient (Wildman–Crippen LogP) is 1.91. The van der Waals surface area contributed by atoms with Crippen molar-refractivity contribution in [2.75, 3.05) is 0 Å². The van der Waals surface area contributed by atoms with Crippen molar-refractivity contribution in [2.24, 2.45) is 0 Å². The van der Waals surface area contributed by atoms with E-state index in [0.717, 1.165) is 5.56 Å². The first-order valence-electron chi connectivity index (χ1n) is 5.49. The van der Waals surface area contributed by atoms with Crippen LogP contribution in [0.1, 0.15) is 30.9 Å². The standard InChI is InChI=1S/C12H17NO3S/c1-4-5-12(14)13-17(15,16)11-7-6-9(2)8-10(11)3/h6-8H,4-5H2,1-3H3,(H,13,14). The van der Waals surface area contributed by atoms with Gasteiger partial charge in [0.2, 0.25) is 5.91 Å². The molecule has 0 radical (unpaired) electrons. The van der Waals surface area contributed by atoms with Crippen LogP contribution in [0.3, 0.4) is 0 Å². The van der Waals surface area contributed by atoms with Crippen molar-refractivity contribution in [3.05, 3.63) is 29.3 Å². The molecule has 0 atom stereocenters. The Bertz CT molecular complexity index is 521. The minimum Gasteiger partial charge on any atom is -0.274 e. The van der Waals surface area contributed by atoms with Gasteiger partial charge in [-0.3, -0.25) is 4.79 Å². The monoisotopic (exact) mass is 255 g/mol. The molecule has 94 valence electrons. The summed E-state index contributed by atoms with van der Waals surface area (Å²) < 4.78 is 25.9. The van der Waals surface area contributed by atoms with Gasteiger partial charge < -0.3 is 0 Å². The molecule has 1 aromatic rings. The molecule has 1 amide bonds. The Morgan fingerprint density at radius 1 is 1.29 bits per heavy atom. The number of nitrogens with one attached hydrogen (secondary N) is 1. The van der Waals surface area contributed by atoms with Gasteiger partial charge in [0.15, 0.2) is 0 Å². The number of carbonyl (C=O) groups is 1. The van der Waals surface area contributed by atoms with Crippen molar-refractivity contribution in [3.63, 3.8) is 0 Å². The van der Waals surface area contributed by atoms with Gasteiger partial charge in [-0.25, -0.2) is 13.1 Å². The fourth-order valence-electron chi connectivity index (χ4n) is 1.58. The lowest BCUT2D eigenvalue weighted by Gasteiger charge is -2.09.